The first kappa shape index (κ1) is 12.0. The van der Waals surface area contributed by atoms with Crippen LogP contribution in [-0.4, -0.2) is 28.2 Å². The molecule has 0 unspecified atom stereocenters. The number of nitro groups is 1. The maximum Gasteiger partial charge on any atom is 0.270 e. The number of hydrogen-bond acceptors (Lipinski definition) is 5. The standard InChI is InChI=1S/C10H9NO5/c1-6(13)9-4-7(11(15)16)2-3-8(9)10(14)5-12/h2-4,12H,5H2,1H3. The summed E-state index contributed by atoms with van der Waals surface area (Å²) in [6, 6.07) is 3.33. The number of carbonyl (C=O) groups excluding carboxylic acids is 2. The van der Waals surface area contributed by atoms with Gasteiger partial charge in [-0.3, -0.25) is 19.7 Å². The molecular weight excluding hydrogens is 214 g/mol. The van der Waals surface area contributed by atoms with Crippen LogP contribution in [0.3, 0.4) is 0 Å². The van der Waals surface area contributed by atoms with Crippen molar-refractivity contribution in [3.8, 4) is 0 Å². The Labute approximate surface area is 90.7 Å². The molecule has 1 aromatic rings. The molecule has 0 aromatic heterocycles. The number of non-ortho nitro benzene ring substituents is 1. The molecule has 0 saturated carbocycles. The van der Waals surface area contributed by atoms with Crippen molar-refractivity contribution in [1.82, 2.24) is 0 Å². The first-order valence-electron chi connectivity index (χ1n) is 4.40. The van der Waals surface area contributed by atoms with Crippen LogP contribution < -0.4 is 0 Å². The average molecular weight is 223 g/mol. The third-order valence-corrected chi connectivity index (χ3v) is 2.04. The van der Waals surface area contributed by atoms with E-state index < -0.39 is 23.1 Å². The molecule has 0 aliphatic carbocycles. The van der Waals surface area contributed by atoms with Crippen LogP contribution >= 0.6 is 0 Å². The largest absolute Gasteiger partial charge is 0.388 e. The number of Topliss-reactive ketones (excluding diaryl/α,β-unsaturated/α-hetero) is 2. The van der Waals surface area contributed by atoms with Crippen LogP contribution in [0.1, 0.15) is 27.6 Å². The summed E-state index contributed by atoms with van der Waals surface area (Å²) in [4.78, 5) is 32.3. The number of rotatable bonds is 4. The van der Waals surface area contributed by atoms with E-state index in [0.29, 0.717) is 0 Å². The molecule has 1 aromatic carbocycles. The Morgan fingerprint density at radius 2 is 2.00 bits per heavy atom. The Balaban J connectivity index is 3.36. The molecule has 0 spiro atoms. The van der Waals surface area contributed by atoms with Gasteiger partial charge in [0.15, 0.2) is 11.6 Å². The smallest absolute Gasteiger partial charge is 0.270 e. The van der Waals surface area contributed by atoms with Gasteiger partial charge < -0.3 is 5.11 Å². The number of nitro benzene ring substituents is 1. The van der Waals surface area contributed by atoms with E-state index >= 15 is 0 Å². The second kappa shape index (κ2) is 4.63. The van der Waals surface area contributed by atoms with Crippen LogP contribution in [0.15, 0.2) is 18.2 Å². The zero-order valence-electron chi connectivity index (χ0n) is 8.47. The van der Waals surface area contributed by atoms with Crippen molar-refractivity contribution in [2.75, 3.05) is 6.61 Å². The van der Waals surface area contributed by atoms with Gasteiger partial charge in [-0.05, 0) is 13.0 Å². The number of ketones is 2. The third-order valence-electron chi connectivity index (χ3n) is 2.04. The summed E-state index contributed by atoms with van der Waals surface area (Å²) in [5.74, 6) is -1.10. The Hall–Kier alpha value is -2.08. The second-order valence-electron chi connectivity index (χ2n) is 3.12. The van der Waals surface area contributed by atoms with Crippen LogP contribution in [-0.2, 0) is 0 Å². The molecule has 0 saturated heterocycles. The minimum Gasteiger partial charge on any atom is -0.388 e. The van der Waals surface area contributed by atoms with Gasteiger partial charge in [-0.25, -0.2) is 0 Å². The summed E-state index contributed by atoms with van der Waals surface area (Å²) in [6.07, 6.45) is 0. The molecule has 1 N–H and O–H groups in total. The van der Waals surface area contributed by atoms with Crippen molar-refractivity contribution in [3.05, 3.63) is 39.4 Å². The number of nitrogens with zero attached hydrogens (tertiary/aromatic N) is 1. The maximum absolute atomic E-state index is 11.2. The number of carbonyl (C=O) groups is 2. The van der Waals surface area contributed by atoms with E-state index in [2.05, 4.69) is 0 Å². The van der Waals surface area contributed by atoms with E-state index in [0.717, 1.165) is 12.1 Å². The Morgan fingerprint density at radius 3 is 2.44 bits per heavy atom. The van der Waals surface area contributed by atoms with Gasteiger partial charge in [-0.15, -0.1) is 0 Å². The lowest BCUT2D eigenvalue weighted by molar-refractivity contribution is -0.384. The monoisotopic (exact) mass is 223 g/mol. The van der Waals surface area contributed by atoms with Crippen molar-refractivity contribution in [2.24, 2.45) is 0 Å². The van der Waals surface area contributed by atoms with Crippen molar-refractivity contribution < 1.29 is 19.6 Å². The topological polar surface area (TPSA) is 97.5 Å². The van der Waals surface area contributed by atoms with Gasteiger partial charge in [0.2, 0.25) is 0 Å². The molecule has 84 valence electrons. The van der Waals surface area contributed by atoms with Gasteiger partial charge >= 0.3 is 0 Å². The molecule has 0 atom stereocenters. The quantitative estimate of drug-likeness (QED) is 0.466. The number of benzene rings is 1. The molecule has 1 rings (SSSR count). The Bertz CT molecular complexity index is 466. The summed E-state index contributed by atoms with van der Waals surface area (Å²) in [5, 5.41) is 19.2. The maximum atomic E-state index is 11.2. The Kier molecular flexibility index (Phi) is 3.47. The first-order valence-corrected chi connectivity index (χ1v) is 4.40. The van der Waals surface area contributed by atoms with Crippen LogP contribution in [0, 0.1) is 10.1 Å². The fourth-order valence-corrected chi connectivity index (χ4v) is 1.27. The predicted octanol–water partition coefficient (Wildman–Crippen LogP) is 0.972. The lowest BCUT2D eigenvalue weighted by atomic mass is 10.0. The highest BCUT2D eigenvalue weighted by Gasteiger charge is 2.17. The molecular formula is C10H9NO5. The predicted molar refractivity (Wildman–Crippen MR) is 54.5 cm³/mol. The SMILES string of the molecule is CC(=O)c1cc([N+](=O)[O-])ccc1C(=O)CO. The van der Waals surface area contributed by atoms with Gasteiger partial charge in [0.05, 0.1) is 4.92 Å². The summed E-state index contributed by atoms with van der Waals surface area (Å²) in [6.45, 7) is 0.464. The lowest BCUT2D eigenvalue weighted by Crippen LogP contribution is -2.10. The van der Waals surface area contributed by atoms with E-state index in [1.807, 2.05) is 0 Å². The van der Waals surface area contributed by atoms with E-state index in [-0.39, 0.29) is 16.8 Å². The van der Waals surface area contributed by atoms with Gasteiger partial charge in [0, 0.05) is 23.3 Å². The van der Waals surface area contributed by atoms with Crippen LogP contribution in [0.4, 0.5) is 5.69 Å². The van der Waals surface area contributed by atoms with Crippen molar-refractivity contribution in [2.45, 2.75) is 6.92 Å². The molecule has 0 heterocycles. The van der Waals surface area contributed by atoms with Gasteiger partial charge in [0.1, 0.15) is 6.61 Å². The number of hydrogen-bond donors (Lipinski definition) is 1. The van der Waals surface area contributed by atoms with Gasteiger partial charge in [0.25, 0.3) is 5.69 Å². The molecule has 0 amide bonds. The van der Waals surface area contributed by atoms with Crippen molar-refractivity contribution >= 4 is 17.3 Å². The summed E-state index contributed by atoms with van der Waals surface area (Å²) in [5.41, 5.74) is -0.312. The van der Waals surface area contributed by atoms with E-state index in [1.54, 1.807) is 0 Å². The number of aliphatic hydroxyl groups is 1. The first-order chi connectivity index (χ1) is 7.47. The molecule has 16 heavy (non-hydrogen) atoms. The summed E-state index contributed by atoms with van der Waals surface area (Å²) >= 11 is 0. The molecule has 0 fully saturated rings. The van der Waals surface area contributed by atoms with Crippen LogP contribution in [0.5, 0.6) is 0 Å². The lowest BCUT2D eigenvalue weighted by Gasteiger charge is -2.03. The normalized spacial score (nSPS) is 9.88. The molecule has 0 bridgehead atoms. The molecule has 0 aliphatic heterocycles. The fraction of sp³-hybridized carbons (Fsp3) is 0.200. The van der Waals surface area contributed by atoms with E-state index in [9.17, 15) is 19.7 Å². The highest BCUT2D eigenvalue weighted by atomic mass is 16.6. The third kappa shape index (κ3) is 2.29. The highest BCUT2D eigenvalue weighted by molar-refractivity contribution is 6.08. The highest BCUT2D eigenvalue weighted by Crippen LogP contribution is 2.18. The average Bonchev–Trinajstić information content (AvgIpc) is 2.26. The zero-order valence-corrected chi connectivity index (χ0v) is 8.47. The zero-order chi connectivity index (χ0) is 12.3. The Morgan fingerprint density at radius 1 is 1.38 bits per heavy atom. The minimum absolute atomic E-state index is 0.000556. The van der Waals surface area contributed by atoms with Crippen molar-refractivity contribution in [1.29, 1.82) is 0 Å². The second-order valence-corrected chi connectivity index (χ2v) is 3.12. The van der Waals surface area contributed by atoms with E-state index in [1.165, 1.54) is 13.0 Å². The molecule has 0 radical (unpaired) electrons. The van der Waals surface area contributed by atoms with Crippen LogP contribution in [0.25, 0.3) is 0 Å². The van der Waals surface area contributed by atoms with E-state index in [4.69, 9.17) is 5.11 Å². The summed E-state index contributed by atoms with van der Waals surface area (Å²) in [7, 11) is 0. The molecule has 6 nitrogen and oxygen atoms in total. The fourth-order valence-electron chi connectivity index (χ4n) is 1.27. The molecule has 6 heteroatoms. The minimum atomic E-state index is -0.738. The molecule has 0 aliphatic rings. The van der Waals surface area contributed by atoms with Gasteiger partial charge in [-0.2, -0.15) is 0 Å². The van der Waals surface area contributed by atoms with Crippen LogP contribution in [0.2, 0.25) is 0 Å². The summed E-state index contributed by atoms with van der Waals surface area (Å²) < 4.78 is 0. The van der Waals surface area contributed by atoms with Crippen molar-refractivity contribution in [3.63, 3.8) is 0 Å². The number of aliphatic hydroxyl groups excluding tert-OH is 1. The van der Waals surface area contributed by atoms with Gasteiger partial charge in [-0.1, -0.05) is 0 Å².